The molecular formula is C40H59NO2. The average Bonchev–Trinajstić information content (AvgIpc) is 3.06. The summed E-state index contributed by atoms with van der Waals surface area (Å²) in [7, 11) is 0. The van der Waals surface area contributed by atoms with Gasteiger partial charge in [0, 0.05) is 6.61 Å². The van der Waals surface area contributed by atoms with Crippen LogP contribution in [0.4, 0.5) is 0 Å². The van der Waals surface area contributed by atoms with Crippen LogP contribution in [0.2, 0.25) is 0 Å². The Morgan fingerprint density at radius 2 is 0.837 bits per heavy atom. The number of hydrogen-bond donors (Lipinski definition) is 1. The lowest BCUT2D eigenvalue weighted by atomic mass is 9.80. The lowest BCUT2D eigenvalue weighted by Crippen LogP contribution is -2.39. The molecule has 1 atom stereocenters. The number of nitrogens with two attached hydrogens (primary N) is 1. The fourth-order valence-corrected chi connectivity index (χ4v) is 6.04. The predicted molar refractivity (Wildman–Crippen MR) is 184 cm³/mol. The minimum atomic E-state index is -0.741. The number of rotatable bonds is 25. The van der Waals surface area contributed by atoms with Crippen molar-refractivity contribution >= 4 is 0 Å². The molecule has 0 fully saturated rings. The Balaban J connectivity index is 1.30. The zero-order chi connectivity index (χ0) is 30.3. The molecule has 0 aliphatic rings. The highest BCUT2D eigenvalue weighted by Crippen LogP contribution is 2.40. The van der Waals surface area contributed by atoms with Crippen LogP contribution in [0.1, 0.15) is 126 Å². The van der Waals surface area contributed by atoms with Gasteiger partial charge in [0.15, 0.2) is 0 Å². The van der Waals surface area contributed by atoms with E-state index in [2.05, 4.69) is 79.7 Å². The maximum atomic E-state index is 6.83. The maximum Gasteiger partial charge on any atom is 0.143 e. The van der Waals surface area contributed by atoms with Crippen molar-refractivity contribution < 1.29 is 9.47 Å². The molecule has 0 saturated heterocycles. The molecule has 0 heterocycles. The van der Waals surface area contributed by atoms with Crippen molar-refractivity contribution in [3.8, 4) is 0 Å². The number of ether oxygens (including phenoxy) is 2. The van der Waals surface area contributed by atoms with Gasteiger partial charge in [-0.2, -0.15) is 0 Å². The summed E-state index contributed by atoms with van der Waals surface area (Å²) in [5.41, 5.74) is 9.07. The molecular weight excluding hydrogens is 526 g/mol. The second-order valence-corrected chi connectivity index (χ2v) is 12.2. The molecule has 3 aromatic rings. The second kappa shape index (κ2) is 22.1. The summed E-state index contributed by atoms with van der Waals surface area (Å²) < 4.78 is 12.8. The zero-order valence-corrected chi connectivity index (χ0v) is 27.1. The lowest BCUT2D eigenvalue weighted by molar-refractivity contribution is -0.00982. The molecule has 3 nitrogen and oxygen atoms in total. The Labute approximate surface area is 263 Å². The van der Waals surface area contributed by atoms with Crippen molar-refractivity contribution in [1.82, 2.24) is 0 Å². The summed E-state index contributed by atoms with van der Waals surface area (Å²) in [6, 6.07) is 31.2. The summed E-state index contributed by atoms with van der Waals surface area (Å²) in [5.74, 6) is 0. The molecule has 3 rings (SSSR count). The van der Waals surface area contributed by atoms with E-state index in [1.807, 2.05) is 18.2 Å². The second-order valence-electron chi connectivity index (χ2n) is 12.2. The first kappa shape index (κ1) is 35.0. The highest BCUT2D eigenvalue weighted by atomic mass is 16.5. The molecule has 0 spiro atoms. The number of unbranched alkanes of at least 4 members (excludes halogenated alkanes) is 15. The van der Waals surface area contributed by atoms with Gasteiger partial charge in [0.05, 0.1) is 19.3 Å². The van der Waals surface area contributed by atoms with Gasteiger partial charge in [-0.3, -0.25) is 0 Å². The van der Waals surface area contributed by atoms with Crippen molar-refractivity contribution in [2.75, 3.05) is 19.8 Å². The average molecular weight is 586 g/mol. The molecule has 0 amide bonds. The topological polar surface area (TPSA) is 44.5 Å². The fraction of sp³-hybridized carbons (Fsp3) is 0.550. The third-order valence-corrected chi connectivity index (χ3v) is 8.53. The first-order valence-corrected chi connectivity index (χ1v) is 17.4. The molecule has 0 saturated carbocycles. The summed E-state index contributed by atoms with van der Waals surface area (Å²) in [6.45, 7) is 3.97. The lowest BCUT2D eigenvalue weighted by Gasteiger charge is -2.36. The van der Waals surface area contributed by atoms with E-state index in [1.165, 1.54) is 96.3 Å². The van der Waals surface area contributed by atoms with E-state index in [4.69, 9.17) is 15.2 Å². The Kier molecular flexibility index (Phi) is 18.0. The number of hydrogen-bond acceptors (Lipinski definition) is 3. The van der Waals surface area contributed by atoms with Crippen molar-refractivity contribution in [2.24, 2.45) is 5.73 Å². The molecule has 3 heteroatoms. The maximum absolute atomic E-state index is 6.83. The quantitative estimate of drug-likeness (QED) is 0.0794. The van der Waals surface area contributed by atoms with Crippen LogP contribution in [0.5, 0.6) is 0 Å². The molecule has 0 bridgehead atoms. The van der Waals surface area contributed by atoms with Crippen LogP contribution in [0.25, 0.3) is 0 Å². The largest absolute Gasteiger partial charge is 0.380 e. The van der Waals surface area contributed by atoms with Gasteiger partial charge in [0.25, 0.3) is 0 Å². The van der Waals surface area contributed by atoms with Crippen LogP contribution in [-0.4, -0.2) is 25.9 Å². The van der Waals surface area contributed by atoms with Crippen LogP contribution in [0.15, 0.2) is 91.0 Å². The third-order valence-electron chi connectivity index (χ3n) is 8.53. The van der Waals surface area contributed by atoms with Crippen LogP contribution < -0.4 is 5.73 Å². The van der Waals surface area contributed by atoms with E-state index in [9.17, 15) is 0 Å². The van der Waals surface area contributed by atoms with Gasteiger partial charge in [-0.15, -0.1) is 0 Å². The van der Waals surface area contributed by atoms with Crippen molar-refractivity contribution in [1.29, 1.82) is 0 Å². The Morgan fingerprint density at radius 3 is 1.21 bits per heavy atom. The SMILES string of the molecule is CCCCCCCCCCCCCCCCCCOCC(N)COC(c1ccccc1)(c1ccccc1)c1ccccc1. The Bertz CT molecular complexity index is 943. The molecule has 236 valence electrons. The Hall–Kier alpha value is -2.46. The Morgan fingerprint density at radius 1 is 0.488 bits per heavy atom. The third kappa shape index (κ3) is 13.0. The van der Waals surface area contributed by atoms with E-state index >= 15 is 0 Å². The first-order valence-electron chi connectivity index (χ1n) is 17.4. The number of benzene rings is 3. The van der Waals surface area contributed by atoms with E-state index < -0.39 is 5.60 Å². The molecule has 43 heavy (non-hydrogen) atoms. The molecule has 0 aliphatic carbocycles. The van der Waals surface area contributed by atoms with Gasteiger partial charge in [-0.1, -0.05) is 194 Å². The van der Waals surface area contributed by atoms with E-state index in [1.54, 1.807) is 0 Å². The molecule has 0 radical (unpaired) electrons. The van der Waals surface area contributed by atoms with E-state index in [0.29, 0.717) is 13.2 Å². The van der Waals surface area contributed by atoms with Crippen molar-refractivity contribution in [3.05, 3.63) is 108 Å². The van der Waals surface area contributed by atoms with Gasteiger partial charge < -0.3 is 15.2 Å². The van der Waals surface area contributed by atoms with E-state index in [-0.39, 0.29) is 6.04 Å². The van der Waals surface area contributed by atoms with Crippen molar-refractivity contribution in [3.63, 3.8) is 0 Å². The highest BCUT2D eigenvalue weighted by molar-refractivity contribution is 5.47. The van der Waals surface area contributed by atoms with Gasteiger partial charge >= 0.3 is 0 Å². The van der Waals surface area contributed by atoms with Crippen LogP contribution in [0.3, 0.4) is 0 Å². The minimum Gasteiger partial charge on any atom is -0.380 e. The monoisotopic (exact) mass is 585 g/mol. The molecule has 0 aromatic heterocycles. The highest BCUT2D eigenvalue weighted by Gasteiger charge is 2.37. The fourth-order valence-electron chi connectivity index (χ4n) is 6.04. The molecule has 1 unspecified atom stereocenters. The smallest absolute Gasteiger partial charge is 0.143 e. The predicted octanol–water partition coefficient (Wildman–Crippen LogP) is 10.6. The van der Waals surface area contributed by atoms with Gasteiger partial charge in [0.2, 0.25) is 0 Å². The van der Waals surface area contributed by atoms with E-state index in [0.717, 1.165) is 29.7 Å². The van der Waals surface area contributed by atoms with Gasteiger partial charge in [0.1, 0.15) is 5.60 Å². The van der Waals surface area contributed by atoms with Crippen LogP contribution >= 0.6 is 0 Å². The summed E-state index contributed by atoms with van der Waals surface area (Å²) in [5, 5.41) is 0. The van der Waals surface area contributed by atoms with Crippen molar-refractivity contribution in [2.45, 2.75) is 121 Å². The minimum absolute atomic E-state index is 0.198. The molecule has 3 aromatic carbocycles. The zero-order valence-electron chi connectivity index (χ0n) is 27.1. The summed E-state index contributed by atoms with van der Waals surface area (Å²) in [6.07, 6.45) is 22.0. The molecule has 0 aliphatic heterocycles. The van der Waals surface area contributed by atoms with Gasteiger partial charge in [-0.25, -0.2) is 0 Å². The first-order chi connectivity index (χ1) is 21.3. The molecule has 2 N–H and O–H groups in total. The normalized spacial score (nSPS) is 12.4. The standard InChI is InChI=1S/C40H59NO2/c1-2-3-4-5-6-7-8-9-10-11-12-13-14-15-16-26-33-42-34-39(41)35-43-40(36-27-20-17-21-28-36,37-29-22-18-23-30-37)38-31-24-19-25-32-38/h17-25,27-32,39H,2-16,26,33-35,41H2,1H3. The summed E-state index contributed by atoms with van der Waals surface area (Å²) >= 11 is 0. The van der Waals surface area contributed by atoms with Crippen LogP contribution in [-0.2, 0) is 15.1 Å². The summed E-state index contributed by atoms with van der Waals surface area (Å²) in [4.78, 5) is 0. The van der Waals surface area contributed by atoms with Crippen LogP contribution in [0, 0.1) is 0 Å². The van der Waals surface area contributed by atoms with Gasteiger partial charge in [-0.05, 0) is 23.1 Å².